The third-order valence-electron chi connectivity index (χ3n) is 4.07. The van der Waals surface area contributed by atoms with Crippen molar-refractivity contribution in [3.8, 4) is 5.75 Å². The number of rotatable bonds is 7. The van der Waals surface area contributed by atoms with Gasteiger partial charge in [-0.15, -0.1) is 12.4 Å². The summed E-state index contributed by atoms with van der Waals surface area (Å²) in [5, 5.41) is 2.81. The minimum Gasteiger partial charge on any atom is -0.497 e. The van der Waals surface area contributed by atoms with E-state index in [0.717, 1.165) is 0 Å². The topological polar surface area (TPSA) is 111 Å². The smallest absolute Gasteiger partial charge is 0.261 e. The van der Waals surface area contributed by atoms with Crippen molar-refractivity contribution in [1.29, 1.82) is 0 Å². The van der Waals surface area contributed by atoms with E-state index in [1.165, 1.54) is 19.2 Å². The van der Waals surface area contributed by atoms with Gasteiger partial charge in [0.15, 0.2) is 0 Å². The fraction of sp³-hybridized carbons (Fsp3) is 0.316. The van der Waals surface area contributed by atoms with Crippen molar-refractivity contribution in [1.82, 2.24) is 5.32 Å². The third-order valence-corrected chi connectivity index (χ3v) is 5.45. The van der Waals surface area contributed by atoms with E-state index in [1.54, 1.807) is 51.1 Å². The monoisotopic (exact) mass is 427 g/mol. The number of sulfonamides is 1. The van der Waals surface area contributed by atoms with E-state index in [1.807, 2.05) is 0 Å². The summed E-state index contributed by atoms with van der Waals surface area (Å²) in [4.78, 5) is 12.6. The molecule has 2 rings (SSSR count). The average Bonchev–Trinajstić information content (AvgIpc) is 2.61. The second-order valence-corrected chi connectivity index (χ2v) is 8.54. The Morgan fingerprint density at radius 1 is 1.14 bits per heavy atom. The Balaban J connectivity index is 0.00000392. The highest BCUT2D eigenvalue weighted by atomic mass is 35.5. The molecule has 7 nitrogen and oxygen atoms in total. The molecule has 0 radical (unpaired) electrons. The maximum absolute atomic E-state index is 12.7. The first-order valence-corrected chi connectivity index (χ1v) is 9.86. The number of nitrogens with one attached hydrogen (secondary N) is 2. The fourth-order valence-electron chi connectivity index (χ4n) is 2.31. The number of aryl methyl sites for hydroxylation is 1. The van der Waals surface area contributed by atoms with Crippen LogP contribution in [-0.4, -0.2) is 33.5 Å². The highest BCUT2D eigenvalue weighted by molar-refractivity contribution is 7.92. The fourth-order valence-corrected chi connectivity index (χ4v) is 3.40. The summed E-state index contributed by atoms with van der Waals surface area (Å²) in [5.74, 6) is 0.249. The lowest BCUT2D eigenvalue weighted by Gasteiger charge is -2.24. The zero-order chi connectivity index (χ0) is 20.2. The summed E-state index contributed by atoms with van der Waals surface area (Å²) in [5.41, 5.74) is 6.40. The van der Waals surface area contributed by atoms with Gasteiger partial charge >= 0.3 is 0 Å². The van der Waals surface area contributed by atoms with E-state index in [4.69, 9.17) is 10.5 Å². The Kier molecular flexibility index (Phi) is 7.86. The van der Waals surface area contributed by atoms with Crippen LogP contribution in [0.4, 0.5) is 5.69 Å². The lowest BCUT2D eigenvalue weighted by Crippen LogP contribution is -2.49. The van der Waals surface area contributed by atoms with Crippen LogP contribution >= 0.6 is 12.4 Å². The number of methoxy groups -OCH3 is 1. The Bertz CT molecular complexity index is 929. The van der Waals surface area contributed by atoms with Gasteiger partial charge in [0.25, 0.3) is 15.9 Å². The van der Waals surface area contributed by atoms with Crippen molar-refractivity contribution < 1.29 is 17.9 Å². The van der Waals surface area contributed by atoms with Crippen LogP contribution < -0.4 is 20.5 Å². The Morgan fingerprint density at radius 3 is 2.29 bits per heavy atom. The molecule has 0 saturated heterocycles. The number of halogens is 1. The number of nitrogens with two attached hydrogens (primary N) is 1. The maximum atomic E-state index is 12.7. The number of anilines is 1. The minimum absolute atomic E-state index is 0. The molecule has 2 aromatic carbocycles. The highest BCUT2D eigenvalue weighted by Crippen LogP contribution is 2.21. The number of benzene rings is 2. The molecular weight excluding hydrogens is 402 g/mol. The Morgan fingerprint density at radius 2 is 1.75 bits per heavy atom. The molecule has 0 heterocycles. The van der Waals surface area contributed by atoms with Gasteiger partial charge in [-0.3, -0.25) is 9.52 Å². The van der Waals surface area contributed by atoms with Crippen LogP contribution in [0.1, 0.15) is 29.8 Å². The molecule has 0 bridgehead atoms. The molecule has 0 aliphatic carbocycles. The van der Waals surface area contributed by atoms with Crippen LogP contribution in [0.25, 0.3) is 0 Å². The number of carbonyl (C=O) groups is 1. The summed E-state index contributed by atoms with van der Waals surface area (Å²) in [6, 6.07) is 10.9. The standard InChI is InChI=1S/C19H25N3O4S.ClH/c1-13-5-10-16(11-17(13)18(23)21-19(2,3)12-20)27(24,25)22-14-6-8-15(26-4)9-7-14;/h5-11,22H,12,20H2,1-4H3,(H,21,23);1H. The van der Waals surface area contributed by atoms with Crippen molar-refractivity contribution in [2.75, 3.05) is 18.4 Å². The molecule has 2 aromatic rings. The van der Waals surface area contributed by atoms with Gasteiger partial charge in [-0.25, -0.2) is 8.42 Å². The minimum atomic E-state index is -3.85. The molecule has 0 saturated carbocycles. The van der Waals surface area contributed by atoms with Gasteiger partial charge in [-0.2, -0.15) is 0 Å². The van der Waals surface area contributed by atoms with Crippen LogP contribution in [0.5, 0.6) is 5.75 Å². The van der Waals surface area contributed by atoms with Gasteiger partial charge in [0.1, 0.15) is 5.75 Å². The lowest BCUT2D eigenvalue weighted by atomic mass is 10.0. The molecule has 0 spiro atoms. The Labute approximate surface area is 172 Å². The first-order valence-electron chi connectivity index (χ1n) is 8.38. The second-order valence-electron chi connectivity index (χ2n) is 6.85. The lowest BCUT2D eigenvalue weighted by molar-refractivity contribution is 0.0915. The van der Waals surface area contributed by atoms with Crippen molar-refractivity contribution >= 4 is 34.0 Å². The van der Waals surface area contributed by atoms with Gasteiger partial charge in [-0.05, 0) is 62.7 Å². The molecule has 0 aromatic heterocycles. The molecule has 9 heteroatoms. The van der Waals surface area contributed by atoms with Crippen molar-refractivity contribution in [2.45, 2.75) is 31.2 Å². The normalized spacial score (nSPS) is 11.3. The molecule has 0 unspecified atom stereocenters. The average molecular weight is 428 g/mol. The molecule has 1 amide bonds. The van der Waals surface area contributed by atoms with Crippen molar-refractivity contribution in [3.05, 3.63) is 53.6 Å². The number of ether oxygens (including phenoxy) is 1. The first kappa shape index (κ1) is 23.7. The van der Waals surface area contributed by atoms with Crippen LogP contribution in [0, 0.1) is 6.92 Å². The van der Waals surface area contributed by atoms with E-state index < -0.39 is 15.6 Å². The summed E-state index contributed by atoms with van der Waals surface area (Å²) >= 11 is 0. The van der Waals surface area contributed by atoms with Gasteiger partial charge in [0.05, 0.1) is 12.0 Å². The van der Waals surface area contributed by atoms with Crippen LogP contribution in [0.15, 0.2) is 47.4 Å². The summed E-state index contributed by atoms with van der Waals surface area (Å²) in [6.45, 7) is 5.60. The van der Waals surface area contributed by atoms with Gasteiger partial charge in [-0.1, -0.05) is 6.07 Å². The van der Waals surface area contributed by atoms with E-state index >= 15 is 0 Å². The zero-order valence-corrected chi connectivity index (χ0v) is 17.9. The van der Waals surface area contributed by atoms with Crippen LogP contribution in [0.3, 0.4) is 0 Å². The van der Waals surface area contributed by atoms with Gasteiger partial charge < -0.3 is 15.8 Å². The SMILES string of the molecule is COc1ccc(NS(=O)(=O)c2ccc(C)c(C(=O)NC(C)(C)CN)c2)cc1.Cl. The predicted molar refractivity (Wildman–Crippen MR) is 113 cm³/mol. The molecule has 28 heavy (non-hydrogen) atoms. The second kappa shape index (κ2) is 9.27. The Hall–Kier alpha value is -2.29. The van der Waals surface area contributed by atoms with Crippen molar-refractivity contribution in [2.24, 2.45) is 5.73 Å². The summed E-state index contributed by atoms with van der Waals surface area (Å²) < 4.78 is 32.9. The maximum Gasteiger partial charge on any atom is 0.261 e. The molecule has 4 N–H and O–H groups in total. The summed E-state index contributed by atoms with van der Waals surface area (Å²) in [7, 11) is -2.32. The van der Waals surface area contributed by atoms with E-state index in [2.05, 4.69) is 10.0 Å². The van der Waals surface area contributed by atoms with Crippen molar-refractivity contribution in [3.63, 3.8) is 0 Å². The quantitative estimate of drug-likeness (QED) is 0.629. The van der Waals surface area contributed by atoms with E-state index in [-0.39, 0.29) is 35.3 Å². The van der Waals surface area contributed by atoms with E-state index in [9.17, 15) is 13.2 Å². The number of hydrogen-bond acceptors (Lipinski definition) is 5. The zero-order valence-electron chi connectivity index (χ0n) is 16.3. The number of hydrogen-bond donors (Lipinski definition) is 3. The van der Waals surface area contributed by atoms with Gasteiger partial charge in [0, 0.05) is 23.3 Å². The molecule has 0 fully saturated rings. The van der Waals surface area contributed by atoms with Crippen LogP contribution in [-0.2, 0) is 10.0 Å². The predicted octanol–water partition coefficient (Wildman–Crippen LogP) is 2.69. The molecule has 0 aliphatic rings. The molecule has 154 valence electrons. The largest absolute Gasteiger partial charge is 0.497 e. The van der Waals surface area contributed by atoms with Gasteiger partial charge in [0.2, 0.25) is 0 Å². The number of amides is 1. The number of carbonyl (C=O) groups excluding carboxylic acids is 1. The highest BCUT2D eigenvalue weighted by Gasteiger charge is 2.22. The first-order chi connectivity index (χ1) is 12.6. The third kappa shape index (κ3) is 5.85. The summed E-state index contributed by atoms with van der Waals surface area (Å²) in [6.07, 6.45) is 0. The molecule has 0 aliphatic heterocycles. The van der Waals surface area contributed by atoms with E-state index in [0.29, 0.717) is 17.0 Å². The van der Waals surface area contributed by atoms with Crippen LogP contribution in [0.2, 0.25) is 0 Å². The molecule has 0 atom stereocenters. The molecular formula is C19H26ClN3O4S.